The fourth-order valence-corrected chi connectivity index (χ4v) is 3.03. The van der Waals surface area contributed by atoms with Crippen molar-refractivity contribution in [3.8, 4) is 16.3 Å². The van der Waals surface area contributed by atoms with E-state index in [9.17, 15) is 4.79 Å². The largest absolute Gasteiger partial charge is 0.481 e. The van der Waals surface area contributed by atoms with Crippen molar-refractivity contribution in [3.63, 3.8) is 0 Å². The van der Waals surface area contributed by atoms with Gasteiger partial charge in [-0.3, -0.25) is 10.1 Å². The molecule has 2 aromatic carbocycles. The van der Waals surface area contributed by atoms with Crippen LogP contribution in [0.25, 0.3) is 10.6 Å². The first-order valence-electron chi connectivity index (χ1n) is 7.77. The Morgan fingerprint density at radius 1 is 1.16 bits per heavy atom. The Hall–Kier alpha value is -2.44. The van der Waals surface area contributed by atoms with Gasteiger partial charge in [-0.1, -0.05) is 60.2 Å². The first-order valence-corrected chi connectivity index (χ1v) is 8.97. The molecule has 5 nitrogen and oxygen atoms in total. The lowest BCUT2D eigenvalue weighted by Gasteiger charge is -2.16. The third kappa shape index (κ3) is 4.55. The molecule has 0 radical (unpaired) electrons. The number of para-hydroxylation sites is 1. The van der Waals surface area contributed by atoms with Gasteiger partial charge in [0.05, 0.1) is 0 Å². The molecule has 0 saturated carbocycles. The van der Waals surface area contributed by atoms with Crippen LogP contribution in [0.3, 0.4) is 0 Å². The summed E-state index contributed by atoms with van der Waals surface area (Å²) in [4.78, 5) is 12.4. The van der Waals surface area contributed by atoms with Crippen molar-refractivity contribution >= 4 is 34.0 Å². The van der Waals surface area contributed by atoms with Crippen molar-refractivity contribution in [1.82, 2.24) is 10.2 Å². The SMILES string of the molecule is CC[C@H](Oc1ccccc1)C(=O)Nc1nnc(-c2ccc(Cl)cc2)s1. The van der Waals surface area contributed by atoms with Crippen molar-refractivity contribution in [1.29, 1.82) is 0 Å². The number of amides is 1. The van der Waals surface area contributed by atoms with E-state index < -0.39 is 6.10 Å². The van der Waals surface area contributed by atoms with Gasteiger partial charge >= 0.3 is 0 Å². The second-order valence-corrected chi connectivity index (χ2v) is 6.65. The molecule has 0 aliphatic heterocycles. The van der Waals surface area contributed by atoms with E-state index in [1.807, 2.05) is 49.4 Å². The van der Waals surface area contributed by atoms with Crippen LogP contribution in [0, 0.1) is 0 Å². The van der Waals surface area contributed by atoms with Gasteiger partial charge in [0, 0.05) is 10.6 Å². The van der Waals surface area contributed by atoms with Crippen LogP contribution in [-0.2, 0) is 4.79 Å². The highest BCUT2D eigenvalue weighted by molar-refractivity contribution is 7.18. The molecule has 3 aromatic rings. The van der Waals surface area contributed by atoms with Crippen molar-refractivity contribution < 1.29 is 9.53 Å². The Bertz CT molecular complexity index is 837. The number of ether oxygens (including phenoxy) is 1. The zero-order valence-electron chi connectivity index (χ0n) is 13.5. The zero-order chi connectivity index (χ0) is 17.6. The van der Waals surface area contributed by atoms with Gasteiger partial charge in [-0.25, -0.2) is 0 Å². The number of hydrogen-bond donors (Lipinski definition) is 1. The van der Waals surface area contributed by atoms with Crippen LogP contribution in [0.4, 0.5) is 5.13 Å². The quantitative estimate of drug-likeness (QED) is 0.682. The van der Waals surface area contributed by atoms with Crippen LogP contribution in [0.15, 0.2) is 54.6 Å². The first-order chi connectivity index (χ1) is 12.2. The minimum Gasteiger partial charge on any atom is -0.481 e. The molecule has 0 aliphatic rings. The number of nitrogens with one attached hydrogen (secondary N) is 1. The molecule has 128 valence electrons. The Kier molecular flexibility index (Phi) is 5.63. The number of rotatable bonds is 6. The molecule has 0 aliphatic carbocycles. The minimum atomic E-state index is -0.592. The second-order valence-electron chi connectivity index (χ2n) is 5.24. The fraction of sp³-hybridized carbons (Fsp3) is 0.167. The van der Waals surface area contributed by atoms with Gasteiger partial charge < -0.3 is 4.74 Å². The summed E-state index contributed by atoms with van der Waals surface area (Å²) in [6, 6.07) is 16.6. The number of carbonyl (C=O) groups is 1. The van der Waals surface area contributed by atoms with Crippen molar-refractivity contribution in [2.75, 3.05) is 5.32 Å². The number of benzene rings is 2. The summed E-state index contributed by atoms with van der Waals surface area (Å²) >= 11 is 7.19. The van der Waals surface area contributed by atoms with E-state index in [0.29, 0.717) is 27.3 Å². The molecule has 1 atom stereocenters. The third-order valence-corrected chi connectivity index (χ3v) is 4.57. The number of aromatic nitrogens is 2. The Balaban J connectivity index is 1.67. The van der Waals surface area contributed by atoms with Crippen LogP contribution < -0.4 is 10.1 Å². The predicted octanol–water partition coefficient (Wildman–Crippen LogP) is 4.65. The number of nitrogens with zero attached hydrogens (tertiary/aromatic N) is 2. The fourth-order valence-electron chi connectivity index (χ4n) is 2.15. The summed E-state index contributed by atoms with van der Waals surface area (Å²) in [5.41, 5.74) is 0.898. The van der Waals surface area contributed by atoms with E-state index >= 15 is 0 Å². The molecule has 1 N–H and O–H groups in total. The highest BCUT2D eigenvalue weighted by Crippen LogP contribution is 2.27. The molecular weight excluding hydrogens is 358 g/mol. The summed E-state index contributed by atoms with van der Waals surface area (Å²) in [6.45, 7) is 1.90. The molecule has 0 unspecified atom stereocenters. The highest BCUT2D eigenvalue weighted by Gasteiger charge is 2.20. The van der Waals surface area contributed by atoms with E-state index in [0.717, 1.165) is 5.56 Å². The smallest absolute Gasteiger partial charge is 0.267 e. The van der Waals surface area contributed by atoms with Crippen molar-refractivity contribution in [3.05, 3.63) is 59.6 Å². The molecular formula is C18H16ClN3O2S. The monoisotopic (exact) mass is 373 g/mol. The normalized spacial score (nSPS) is 11.8. The molecule has 1 heterocycles. The molecule has 0 bridgehead atoms. The van der Waals surface area contributed by atoms with E-state index in [2.05, 4.69) is 15.5 Å². The first kappa shape index (κ1) is 17.4. The van der Waals surface area contributed by atoms with Gasteiger partial charge in [0.1, 0.15) is 10.8 Å². The van der Waals surface area contributed by atoms with Crippen LogP contribution in [0.2, 0.25) is 5.02 Å². The summed E-state index contributed by atoms with van der Waals surface area (Å²) in [7, 11) is 0. The molecule has 3 rings (SSSR count). The van der Waals surface area contributed by atoms with Gasteiger partial charge in [0.25, 0.3) is 5.91 Å². The maximum atomic E-state index is 12.4. The molecule has 1 amide bonds. The summed E-state index contributed by atoms with van der Waals surface area (Å²) in [6.07, 6.45) is -0.0471. The molecule has 25 heavy (non-hydrogen) atoms. The van der Waals surface area contributed by atoms with Crippen LogP contribution in [0.1, 0.15) is 13.3 Å². The van der Waals surface area contributed by atoms with Gasteiger partial charge in [-0.15, -0.1) is 10.2 Å². The Morgan fingerprint density at radius 3 is 2.56 bits per heavy atom. The third-order valence-electron chi connectivity index (χ3n) is 3.43. The standard InChI is InChI=1S/C18H16ClN3O2S/c1-2-15(24-14-6-4-3-5-7-14)16(23)20-18-22-21-17(25-18)12-8-10-13(19)11-9-12/h3-11,15H,2H2,1H3,(H,20,22,23)/t15-/m0/s1. The molecule has 1 aromatic heterocycles. The lowest BCUT2D eigenvalue weighted by molar-refractivity contribution is -0.122. The van der Waals surface area contributed by atoms with Gasteiger partial charge in [-0.2, -0.15) is 0 Å². The average Bonchev–Trinajstić information content (AvgIpc) is 3.09. The van der Waals surface area contributed by atoms with E-state index in [4.69, 9.17) is 16.3 Å². The van der Waals surface area contributed by atoms with Crippen LogP contribution in [-0.4, -0.2) is 22.2 Å². The average molecular weight is 374 g/mol. The van der Waals surface area contributed by atoms with E-state index in [-0.39, 0.29) is 5.91 Å². The number of anilines is 1. The lowest BCUT2D eigenvalue weighted by atomic mass is 10.2. The van der Waals surface area contributed by atoms with E-state index in [1.165, 1.54) is 11.3 Å². The van der Waals surface area contributed by atoms with Crippen molar-refractivity contribution in [2.24, 2.45) is 0 Å². The molecule has 0 fully saturated rings. The predicted molar refractivity (Wildman–Crippen MR) is 100 cm³/mol. The van der Waals surface area contributed by atoms with Gasteiger partial charge in [0.15, 0.2) is 6.10 Å². The van der Waals surface area contributed by atoms with Crippen molar-refractivity contribution in [2.45, 2.75) is 19.4 Å². The number of hydrogen-bond acceptors (Lipinski definition) is 5. The number of halogens is 1. The van der Waals surface area contributed by atoms with E-state index in [1.54, 1.807) is 12.1 Å². The topological polar surface area (TPSA) is 64.1 Å². The minimum absolute atomic E-state index is 0.245. The summed E-state index contributed by atoms with van der Waals surface area (Å²) < 4.78 is 5.73. The van der Waals surface area contributed by atoms with Crippen LogP contribution in [0.5, 0.6) is 5.75 Å². The van der Waals surface area contributed by atoms with Gasteiger partial charge in [0.2, 0.25) is 5.13 Å². The summed E-state index contributed by atoms with van der Waals surface area (Å²) in [5.74, 6) is 0.411. The highest BCUT2D eigenvalue weighted by atomic mass is 35.5. The number of carbonyl (C=O) groups excluding carboxylic acids is 1. The lowest BCUT2D eigenvalue weighted by Crippen LogP contribution is -2.32. The van der Waals surface area contributed by atoms with Gasteiger partial charge in [-0.05, 0) is 30.7 Å². The Labute approximate surface area is 154 Å². The van der Waals surface area contributed by atoms with Crippen LogP contribution >= 0.6 is 22.9 Å². The summed E-state index contributed by atoms with van der Waals surface area (Å²) in [5, 5.41) is 12.7. The molecule has 7 heteroatoms. The maximum absolute atomic E-state index is 12.4. The molecule has 0 saturated heterocycles. The maximum Gasteiger partial charge on any atom is 0.267 e. The zero-order valence-corrected chi connectivity index (χ0v) is 15.1. The second kappa shape index (κ2) is 8.09. The Morgan fingerprint density at radius 2 is 1.88 bits per heavy atom. The molecule has 0 spiro atoms.